The van der Waals surface area contributed by atoms with Crippen LogP contribution in [0.3, 0.4) is 0 Å². The van der Waals surface area contributed by atoms with Crippen molar-refractivity contribution in [1.29, 1.82) is 5.41 Å². The zero-order valence-corrected chi connectivity index (χ0v) is 18.5. The molecule has 10 nitrogen and oxygen atoms in total. The van der Waals surface area contributed by atoms with E-state index in [0.717, 1.165) is 5.56 Å². The highest BCUT2D eigenvalue weighted by Crippen LogP contribution is 2.12. The minimum Gasteiger partial charge on any atom is -0.394 e. The first-order valence-corrected chi connectivity index (χ1v) is 11.5. The summed E-state index contributed by atoms with van der Waals surface area (Å²) in [5.74, 6) is -1.81. The van der Waals surface area contributed by atoms with Crippen LogP contribution in [0.1, 0.15) is 16.7 Å². The smallest absolute Gasteiger partial charge is 0.240 e. The number of amidine groups is 1. The fourth-order valence-electron chi connectivity index (χ4n) is 2.59. The largest absolute Gasteiger partial charge is 0.394 e. The van der Waals surface area contributed by atoms with Crippen molar-refractivity contribution in [2.45, 2.75) is 18.3 Å². The van der Waals surface area contributed by atoms with Gasteiger partial charge in [0.1, 0.15) is 11.9 Å². The van der Waals surface area contributed by atoms with Crippen LogP contribution in [0.4, 0.5) is 0 Å². The molecule has 0 saturated heterocycles. The molecular weight excluding hydrogens is 458 g/mol. The second-order valence-electron chi connectivity index (χ2n) is 6.84. The second kappa shape index (κ2) is 11.6. The molecule has 2 rings (SSSR count). The standard InChI is InChI=1S/C20H24ClN5O5S/c21-16-7-3-14(4-8-16)12-32(30,31)26-17(11-27)20(29)25-10-18(28)24-9-13-1-5-15(6-2-13)19(22)23/h1-8,17,26-27H,9-12H2,(H3,22,23)(H,24,28)(H,25,29)/t17-/m1/s1. The van der Waals surface area contributed by atoms with E-state index >= 15 is 0 Å². The van der Waals surface area contributed by atoms with Crippen LogP contribution < -0.4 is 21.1 Å². The summed E-state index contributed by atoms with van der Waals surface area (Å²) in [6.07, 6.45) is 0. The van der Waals surface area contributed by atoms with E-state index in [2.05, 4.69) is 15.4 Å². The number of amides is 2. The van der Waals surface area contributed by atoms with Crippen molar-refractivity contribution in [3.63, 3.8) is 0 Å². The van der Waals surface area contributed by atoms with Crippen LogP contribution in [0.25, 0.3) is 0 Å². The molecule has 0 radical (unpaired) electrons. The quantitative estimate of drug-likeness (QED) is 0.192. The Bertz CT molecular complexity index is 1060. The lowest BCUT2D eigenvalue weighted by molar-refractivity contribution is -0.127. The SMILES string of the molecule is N=C(N)c1ccc(CNC(=O)CNC(=O)[C@@H](CO)NS(=O)(=O)Cc2ccc(Cl)cc2)cc1. The molecule has 0 saturated carbocycles. The molecule has 12 heteroatoms. The molecule has 7 N–H and O–H groups in total. The molecule has 0 aliphatic rings. The maximum Gasteiger partial charge on any atom is 0.240 e. The number of aliphatic hydroxyl groups excluding tert-OH is 1. The van der Waals surface area contributed by atoms with Crippen molar-refractivity contribution < 1.29 is 23.1 Å². The molecule has 0 aromatic heterocycles. The average Bonchev–Trinajstić information content (AvgIpc) is 2.76. The third-order valence-corrected chi connectivity index (χ3v) is 5.88. The lowest BCUT2D eigenvalue weighted by Gasteiger charge is -2.16. The van der Waals surface area contributed by atoms with Crippen LogP contribution in [-0.2, 0) is 31.9 Å². The number of hydrogen-bond donors (Lipinski definition) is 6. The molecule has 1 atom stereocenters. The highest BCUT2D eigenvalue weighted by molar-refractivity contribution is 7.88. The van der Waals surface area contributed by atoms with Crippen LogP contribution >= 0.6 is 11.6 Å². The Kier molecular flexibility index (Phi) is 9.14. The zero-order valence-electron chi connectivity index (χ0n) is 17.0. The highest BCUT2D eigenvalue weighted by Gasteiger charge is 2.24. The Morgan fingerprint density at radius 2 is 1.62 bits per heavy atom. The van der Waals surface area contributed by atoms with Crippen molar-refractivity contribution in [2.24, 2.45) is 5.73 Å². The van der Waals surface area contributed by atoms with E-state index in [1.165, 1.54) is 12.1 Å². The van der Waals surface area contributed by atoms with Gasteiger partial charge in [0, 0.05) is 17.1 Å². The molecule has 0 heterocycles. The van der Waals surface area contributed by atoms with E-state index in [0.29, 0.717) is 16.1 Å². The summed E-state index contributed by atoms with van der Waals surface area (Å²) in [4.78, 5) is 24.2. The Hall–Kier alpha value is -2.99. The number of nitrogens with one attached hydrogen (secondary N) is 4. The summed E-state index contributed by atoms with van der Waals surface area (Å²) in [6.45, 7) is -1.00. The normalized spacial score (nSPS) is 12.1. The molecule has 0 aliphatic carbocycles. The first-order valence-electron chi connectivity index (χ1n) is 9.42. The van der Waals surface area contributed by atoms with Crippen LogP contribution in [0.2, 0.25) is 5.02 Å². The van der Waals surface area contributed by atoms with Gasteiger partial charge in [-0.15, -0.1) is 0 Å². The third kappa shape index (κ3) is 8.27. The minimum atomic E-state index is -3.94. The fraction of sp³-hybridized carbons (Fsp3) is 0.250. The number of nitrogen functional groups attached to an aromatic ring is 1. The number of carbonyl (C=O) groups excluding carboxylic acids is 2. The summed E-state index contributed by atoms with van der Waals surface area (Å²) in [7, 11) is -3.94. The molecule has 172 valence electrons. The number of benzene rings is 2. The average molecular weight is 482 g/mol. The van der Waals surface area contributed by atoms with Gasteiger partial charge in [0.2, 0.25) is 21.8 Å². The van der Waals surface area contributed by atoms with E-state index < -0.39 is 46.8 Å². The van der Waals surface area contributed by atoms with Crippen molar-refractivity contribution in [1.82, 2.24) is 15.4 Å². The fourth-order valence-corrected chi connectivity index (χ4v) is 4.04. The summed E-state index contributed by atoms with van der Waals surface area (Å²) in [5.41, 5.74) is 7.15. The Labute approximate surface area is 190 Å². The van der Waals surface area contributed by atoms with Gasteiger partial charge in [0.05, 0.1) is 18.9 Å². The monoisotopic (exact) mass is 481 g/mol. The first kappa shape index (κ1) is 25.3. The number of aliphatic hydroxyl groups is 1. The van der Waals surface area contributed by atoms with E-state index in [1.54, 1.807) is 36.4 Å². The summed E-state index contributed by atoms with van der Waals surface area (Å²) < 4.78 is 26.7. The van der Waals surface area contributed by atoms with Gasteiger partial charge in [0.15, 0.2) is 0 Å². The van der Waals surface area contributed by atoms with E-state index in [4.69, 9.17) is 22.7 Å². The number of carbonyl (C=O) groups is 2. The molecule has 32 heavy (non-hydrogen) atoms. The Morgan fingerprint density at radius 1 is 1.03 bits per heavy atom. The van der Waals surface area contributed by atoms with Gasteiger partial charge in [-0.2, -0.15) is 0 Å². The predicted molar refractivity (Wildman–Crippen MR) is 120 cm³/mol. The van der Waals surface area contributed by atoms with Crippen LogP contribution in [-0.4, -0.2) is 50.4 Å². The number of hydrogen-bond acceptors (Lipinski definition) is 6. The molecule has 2 aromatic carbocycles. The molecule has 0 fully saturated rings. The Balaban J connectivity index is 1.82. The van der Waals surface area contributed by atoms with Gasteiger partial charge in [-0.3, -0.25) is 15.0 Å². The molecule has 0 unspecified atom stereocenters. The number of nitrogens with two attached hydrogens (primary N) is 1. The summed E-state index contributed by atoms with van der Waals surface area (Å²) >= 11 is 5.77. The van der Waals surface area contributed by atoms with Gasteiger partial charge >= 0.3 is 0 Å². The molecule has 0 aliphatic heterocycles. The number of halogens is 1. The molecule has 2 amide bonds. The molecule has 0 bridgehead atoms. The molecular formula is C20H24ClN5O5S. The van der Waals surface area contributed by atoms with Crippen molar-refractivity contribution in [2.75, 3.05) is 13.2 Å². The lowest BCUT2D eigenvalue weighted by Crippen LogP contribution is -2.50. The first-order chi connectivity index (χ1) is 15.1. The van der Waals surface area contributed by atoms with Gasteiger partial charge in [-0.1, -0.05) is 48.0 Å². The lowest BCUT2D eigenvalue weighted by atomic mass is 10.1. The van der Waals surface area contributed by atoms with Crippen LogP contribution in [0.5, 0.6) is 0 Å². The predicted octanol–water partition coefficient (Wildman–Crippen LogP) is -0.163. The highest BCUT2D eigenvalue weighted by atomic mass is 35.5. The molecule has 2 aromatic rings. The maximum absolute atomic E-state index is 12.3. The number of rotatable bonds is 11. The Morgan fingerprint density at radius 3 is 2.19 bits per heavy atom. The van der Waals surface area contributed by atoms with Gasteiger partial charge in [-0.05, 0) is 23.3 Å². The topological polar surface area (TPSA) is 174 Å². The van der Waals surface area contributed by atoms with Crippen molar-refractivity contribution in [3.8, 4) is 0 Å². The van der Waals surface area contributed by atoms with E-state index in [9.17, 15) is 23.1 Å². The third-order valence-electron chi connectivity index (χ3n) is 4.27. The number of sulfonamides is 1. The second-order valence-corrected chi connectivity index (χ2v) is 9.03. The minimum absolute atomic E-state index is 0.0643. The van der Waals surface area contributed by atoms with Crippen molar-refractivity contribution in [3.05, 3.63) is 70.2 Å². The zero-order chi connectivity index (χ0) is 23.7. The van der Waals surface area contributed by atoms with Gasteiger partial charge in [0.25, 0.3) is 0 Å². The van der Waals surface area contributed by atoms with Gasteiger partial charge < -0.3 is 21.5 Å². The molecule has 0 spiro atoms. The van der Waals surface area contributed by atoms with Crippen LogP contribution in [0, 0.1) is 5.41 Å². The van der Waals surface area contributed by atoms with E-state index in [1.807, 2.05) is 0 Å². The van der Waals surface area contributed by atoms with Crippen LogP contribution in [0.15, 0.2) is 48.5 Å². The maximum atomic E-state index is 12.3. The summed E-state index contributed by atoms with van der Waals surface area (Å²) in [6, 6.07) is 11.4. The van der Waals surface area contributed by atoms with Crippen molar-refractivity contribution >= 4 is 39.3 Å². The van der Waals surface area contributed by atoms with Gasteiger partial charge in [-0.25, -0.2) is 13.1 Å². The van der Waals surface area contributed by atoms with E-state index in [-0.39, 0.29) is 12.4 Å². The summed E-state index contributed by atoms with van der Waals surface area (Å²) in [5, 5.41) is 22.1.